The summed E-state index contributed by atoms with van der Waals surface area (Å²) in [6, 6.07) is 6.78. The molecular weight excluding hydrogens is 234 g/mol. The van der Waals surface area contributed by atoms with Crippen LogP contribution >= 0.6 is 0 Å². The first-order valence-corrected chi connectivity index (χ1v) is 5.86. The summed E-state index contributed by atoms with van der Waals surface area (Å²) in [5, 5.41) is 0. The van der Waals surface area contributed by atoms with Gasteiger partial charge in [0.25, 0.3) is 11.8 Å². The normalized spacial score (nSPS) is 14.2. The number of carbonyl (C=O) groups excluding carboxylic acids is 2. The van der Waals surface area contributed by atoms with Gasteiger partial charge in [0.15, 0.2) is 0 Å². The van der Waals surface area contributed by atoms with Crippen LogP contribution in [-0.4, -0.2) is 43.3 Å². The fourth-order valence-electron chi connectivity index (χ4n) is 1.77. The van der Waals surface area contributed by atoms with Gasteiger partial charge in [-0.25, -0.2) is 4.90 Å². The predicted molar refractivity (Wildman–Crippen MR) is 64.3 cm³/mol. The lowest BCUT2D eigenvalue weighted by molar-refractivity contribution is 0.00464. The minimum absolute atomic E-state index is 0.0284. The molecule has 5 heteroatoms. The van der Waals surface area contributed by atoms with E-state index in [-0.39, 0.29) is 18.5 Å². The third-order valence-corrected chi connectivity index (χ3v) is 2.67. The van der Waals surface area contributed by atoms with Crippen molar-refractivity contribution in [2.75, 3.05) is 26.6 Å². The van der Waals surface area contributed by atoms with Crippen LogP contribution in [0, 0.1) is 0 Å². The molecule has 0 saturated heterocycles. The average molecular weight is 249 g/mol. The number of nitrogens with zero attached hydrogens (tertiary/aromatic N) is 1. The molecule has 0 fully saturated rings. The van der Waals surface area contributed by atoms with Crippen LogP contribution in [0.4, 0.5) is 0 Å². The Morgan fingerprint density at radius 1 is 1.00 bits per heavy atom. The van der Waals surface area contributed by atoms with Crippen molar-refractivity contribution in [2.24, 2.45) is 0 Å². The summed E-state index contributed by atoms with van der Waals surface area (Å²) in [7, 11) is 0. The maximum absolute atomic E-state index is 11.9. The molecule has 96 valence electrons. The van der Waals surface area contributed by atoms with Gasteiger partial charge >= 0.3 is 0 Å². The van der Waals surface area contributed by atoms with Crippen LogP contribution in [0.3, 0.4) is 0 Å². The first-order valence-electron chi connectivity index (χ1n) is 5.86. The molecule has 0 N–H and O–H groups in total. The van der Waals surface area contributed by atoms with Crippen LogP contribution in [0.5, 0.6) is 0 Å². The zero-order valence-corrected chi connectivity index (χ0v) is 10.2. The van der Waals surface area contributed by atoms with Gasteiger partial charge in [-0.1, -0.05) is 12.1 Å². The van der Waals surface area contributed by atoms with Crippen LogP contribution in [0.1, 0.15) is 27.6 Å². The number of rotatable bonds is 6. The molecule has 1 aliphatic rings. The Morgan fingerprint density at radius 2 is 1.56 bits per heavy atom. The van der Waals surface area contributed by atoms with Crippen molar-refractivity contribution in [3.8, 4) is 0 Å². The lowest BCUT2D eigenvalue weighted by atomic mass is 10.1. The highest BCUT2D eigenvalue weighted by molar-refractivity contribution is 6.21. The van der Waals surface area contributed by atoms with E-state index in [1.165, 1.54) is 0 Å². The Kier molecular flexibility index (Phi) is 4.07. The quantitative estimate of drug-likeness (QED) is 0.563. The molecule has 0 bridgehead atoms. The standard InChI is InChI=1S/C13H15NO4/c1-2-17-7-8-18-9-14-12(15)10-5-3-4-6-11(10)13(14)16/h3-6H,2,7-9H2,1H3. The molecule has 0 unspecified atom stereocenters. The van der Waals surface area contributed by atoms with Crippen molar-refractivity contribution in [2.45, 2.75) is 6.92 Å². The van der Waals surface area contributed by atoms with Crippen molar-refractivity contribution < 1.29 is 19.1 Å². The van der Waals surface area contributed by atoms with Gasteiger partial charge in [-0.15, -0.1) is 0 Å². The highest BCUT2D eigenvalue weighted by Gasteiger charge is 2.34. The van der Waals surface area contributed by atoms with Crippen LogP contribution in [0.2, 0.25) is 0 Å². The van der Waals surface area contributed by atoms with Gasteiger partial charge in [-0.3, -0.25) is 9.59 Å². The van der Waals surface area contributed by atoms with E-state index in [1.54, 1.807) is 24.3 Å². The fourth-order valence-corrected chi connectivity index (χ4v) is 1.77. The molecule has 5 nitrogen and oxygen atoms in total. The molecule has 2 rings (SSSR count). The van der Waals surface area contributed by atoms with E-state index < -0.39 is 0 Å². The van der Waals surface area contributed by atoms with Crippen LogP contribution in [0.25, 0.3) is 0 Å². The van der Waals surface area contributed by atoms with Gasteiger partial charge in [-0.05, 0) is 19.1 Å². The SMILES string of the molecule is CCOCCOCN1C(=O)c2ccccc2C1=O. The van der Waals surface area contributed by atoms with Crippen LogP contribution in [0.15, 0.2) is 24.3 Å². The maximum atomic E-state index is 11.9. The summed E-state index contributed by atoms with van der Waals surface area (Å²) in [5.41, 5.74) is 0.881. The van der Waals surface area contributed by atoms with Gasteiger partial charge < -0.3 is 9.47 Å². The highest BCUT2D eigenvalue weighted by atomic mass is 16.5. The number of hydrogen-bond donors (Lipinski definition) is 0. The second-order valence-corrected chi connectivity index (χ2v) is 3.82. The zero-order chi connectivity index (χ0) is 13.0. The Morgan fingerprint density at radius 3 is 2.11 bits per heavy atom. The molecule has 1 aromatic rings. The van der Waals surface area contributed by atoms with Crippen molar-refractivity contribution in [1.82, 2.24) is 4.90 Å². The molecule has 1 heterocycles. The molecule has 1 aliphatic heterocycles. The largest absolute Gasteiger partial charge is 0.379 e. The maximum Gasteiger partial charge on any atom is 0.263 e. The first kappa shape index (κ1) is 12.7. The minimum Gasteiger partial charge on any atom is -0.379 e. The van der Waals surface area contributed by atoms with Crippen molar-refractivity contribution in [1.29, 1.82) is 0 Å². The summed E-state index contributed by atoms with van der Waals surface area (Å²) in [6.07, 6.45) is 0. The van der Waals surface area contributed by atoms with Gasteiger partial charge in [0, 0.05) is 6.61 Å². The molecule has 1 aromatic carbocycles. The number of hydrogen-bond acceptors (Lipinski definition) is 4. The van der Waals surface area contributed by atoms with E-state index in [4.69, 9.17) is 9.47 Å². The molecule has 0 atom stereocenters. The Labute approximate surface area is 105 Å². The lowest BCUT2D eigenvalue weighted by Gasteiger charge is -2.13. The molecule has 2 amide bonds. The van der Waals surface area contributed by atoms with E-state index in [1.807, 2.05) is 6.92 Å². The smallest absolute Gasteiger partial charge is 0.263 e. The van der Waals surface area contributed by atoms with E-state index in [9.17, 15) is 9.59 Å². The molecule has 0 aliphatic carbocycles. The monoisotopic (exact) mass is 249 g/mol. The number of carbonyl (C=O) groups is 2. The second kappa shape index (κ2) is 5.75. The molecule has 0 radical (unpaired) electrons. The Bertz CT molecular complexity index is 423. The highest BCUT2D eigenvalue weighted by Crippen LogP contribution is 2.21. The topological polar surface area (TPSA) is 55.8 Å². The molecule has 0 saturated carbocycles. The first-order chi connectivity index (χ1) is 8.75. The van der Waals surface area contributed by atoms with E-state index in [2.05, 4.69) is 0 Å². The van der Waals surface area contributed by atoms with Gasteiger partial charge in [0.05, 0.1) is 24.3 Å². The van der Waals surface area contributed by atoms with Crippen molar-refractivity contribution in [3.63, 3.8) is 0 Å². The van der Waals surface area contributed by atoms with Gasteiger partial charge in [0.2, 0.25) is 0 Å². The minimum atomic E-state index is -0.299. The van der Waals surface area contributed by atoms with E-state index in [0.717, 1.165) is 4.90 Å². The average Bonchev–Trinajstić information content (AvgIpc) is 2.64. The molecule has 18 heavy (non-hydrogen) atoms. The molecule has 0 aromatic heterocycles. The summed E-state index contributed by atoms with van der Waals surface area (Å²) in [6.45, 7) is 3.31. The zero-order valence-electron chi connectivity index (χ0n) is 10.2. The predicted octanol–water partition coefficient (Wildman–Crippen LogP) is 1.29. The summed E-state index contributed by atoms with van der Waals surface area (Å²) < 4.78 is 10.4. The third-order valence-electron chi connectivity index (χ3n) is 2.67. The fraction of sp³-hybridized carbons (Fsp3) is 0.385. The molecular formula is C13H15NO4. The van der Waals surface area contributed by atoms with E-state index in [0.29, 0.717) is 30.9 Å². The number of fused-ring (bicyclic) bond motifs is 1. The summed E-state index contributed by atoms with van der Waals surface area (Å²) >= 11 is 0. The third kappa shape index (κ3) is 2.42. The van der Waals surface area contributed by atoms with Crippen molar-refractivity contribution >= 4 is 11.8 Å². The van der Waals surface area contributed by atoms with Crippen LogP contribution < -0.4 is 0 Å². The van der Waals surface area contributed by atoms with Crippen molar-refractivity contribution in [3.05, 3.63) is 35.4 Å². The summed E-state index contributed by atoms with van der Waals surface area (Å²) in [4.78, 5) is 24.9. The number of imide groups is 1. The van der Waals surface area contributed by atoms with Gasteiger partial charge in [-0.2, -0.15) is 0 Å². The summed E-state index contributed by atoms with van der Waals surface area (Å²) in [5.74, 6) is -0.598. The number of benzene rings is 1. The van der Waals surface area contributed by atoms with Crippen LogP contribution in [-0.2, 0) is 9.47 Å². The van der Waals surface area contributed by atoms with Gasteiger partial charge in [0.1, 0.15) is 6.73 Å². The Hall–Kier alpha value is -1.72. The molecule has 0 spiro atoms. The lowest BCUT2D eigenvalue weighted by Crippen LogP contribution is -2.32. The number of amides is 2. The Balaban J connectivity index is 1.93. The number of ether oxygens (including phenoxy) is 2. The second-order valence-electron chi connectivity index (χ2n) is 3.82. The van der Waals surface area contributed by atoms with E-state index >= 15 is 0 Å².